The van der Waals surface area contributed by atoms with Gasteiger partial charge in [0.15, 0.2) is 6.10 Å². The van der Waals surface area contributed by atoms with Crippen molar-refractivity contribution in [2.75, 3.05) is 0 Å². The second-order valence-electron chi connectivity index (χ2n) is 11.5. The predicted molar refractivity (Wildman–Crippen MR) is 174 cm³/mol. The number of benzene rings is 3. The molecule has 0 bridgehead atoms. The highest BCUT2D eigenvalue weighted by atomic mass is 35.5. The lowest BCUT2D eigenvalue weighted by atomic mass is 9.91. The molecule has 43 heavy (non-hydrogen) atoms. The van der Waals surface area contributed by atoms with E-state index >= 15 is 0 Å². The molecule has 0 amide bonds. The highest BCUT2D eigenvalue weighted by Crippen LogP contribution is 2.44. The first-order valence-electron chi connectivity index (χ1n) is 14.1. The molecule has 1 unspecified atom stereocenters. The monoisotopic (exact) mass is 610 g/mol. The van der Waals surface area contributed by atoms with Crippen LogP contribution in [-0.4, -0.2) is 36.4 Å². The van der Waals surface area contributed by atoms with E-state index in [9.17, 15) is 9.90 Å². The van der Waals surface area contributed by atoms with E-state index in [1.165, 1.54) is 11.3 Å². The number of nitrogens with zero attached hydrogens (tertiary/aromatic N) is 4. The van der Waals surface area contributed by atoms with E-state index in [-0.39, 0.29) is 0 Å². The molecule has 0 saturated heterocycles. The Kier molecular flexibility index (Phi) is 7.54. The smallest absolute Gasteiger partial charge is 0.337 e. The van der Waals surface area contributed by atoms with Crippen molar-refractivity contribution in [2.45, 2.75) is 52.9 Å². The Balaban J connectivity index is 1.51. The molecule has 1 atom stereocenters. The van der Waals surface area contributed by atoms with Gasteiger partial charge in [0, 0.05) is 51.6 Å². The van der Waals surface area contributed by atoms with Crippen LogP contribution in [0.15, 0.2) is 73.1 Å². The van der Waals surface area contributed by atoms with Gasteiger partial charge in [0.1, 0.15) is 5.01 Å². The van der Waals surface area contributed by atoms with Gasteiger partial charge < -0.3 is 9.84 Å². The molecule has 3 aromatic carbocycles. The number of thiazole rings is 1. The zero-order chi connectivity index (χ0) is 30.5. The Morgan fingerprint density at radius 1 is 1.02 bits per heavy atom. The van der Waals surface area contributed by atoms with Gasteiger partial charge in [0.25, 0.3) is 0 Å². The number of hydrogen-bond donors (Lipinski definition) is 1. The number of carboxylic acid groups (broad SMARTS) is 1. The molecule has 9 heteroatoms. The highest BCUT2D eigenvalue weighted by Gasteiger charge is 2.32. The summed E-state index contributed by atoms with van der Waals surface area (Å²) in [7, 11) is 0. The first-order valence-corrected chi connectivity index (χ1v) is 15.2. The fourth-order valence-corrected chi connectivity index (χ4v) is 6.53. The maximum atomic E-state index is 12.6. The molecule has 6 aromatic rings. The molecule has 1 N–H and O–H groups in total. The first kappa shape index (κ1) is 29.0. The normalized spacial score (nSPS) is 12.7. The molecule has 3 heterocycles. The fraction of sp³-hybridized carbons (Fsp3) is 0.235. The van der Waals surface area contributed by atoms with Crippen LogP contribution < -0.4 is 0 Å². The molecule has 0 aliphatic heterocycles. The van der Waals surface area contributed by atoms with Gasteiger partial charge >= 0.3 is 5.97 Å². The van der Waals surface area contributed by atoms with Crippen molar-refractivity contribution < 1.29 is 14.6 Å². The van der Waals surface area contributed by atoms with E-state index in [4.69, 9.17) is 21.3 Å². The second-order valence-corrected chi connectivity index (χ2v) is 12.9. The second kappa shape index (κ2) is 11.2. The van der Waals surface area contributed by atoms with Crippen molar-refractivity contribution in [3.05, 3.63) is 89.2 Å². The minimum absolute atomic E-state index is 0.601. The molecule has 7 nitrogen and oxygen atoms in total. The Labute approximate surface area is 258 Å². The number of aromatic nitrogens is 4. The molecule has 3 aromatic heterocycles. The molecule has 0 spiro atoms. The van der Waals surface area contributed by atoms with Crippen LogP contribution in [0, 0.1) is 6.92 Å². The van der Waals surface area contributed by atoms with Crippen molar-refractivity contribution >= 4 is 50.0 Å². The van der Waals surface area contributed by atoms with Gasteiger partial charge in [-0.1, -0.05) is 29.8 Å². The van der Waals surface area contributed by atoms with Gasteiger partial charge in [0.05, 0.1) is 27.0 Å². The number of pyridine rings is 1. The largest absolute Gasteiger partial charge is 0.479 e. The maximum absolute atomic E-state index is 12.6. The quantitative estimate of drug-likeness (QED) is 0.194. The summed E-state index contributed by atoms with van der Waals surface area (Å²) in [5, 5.41) is 17.4. The fourth-order valence-electron chi connectivity index (χ4n) is 5.28. The van der Waals surface area contributed by atoms with Gasteiger partial charge in [0.2, 0.25) is 0 Å². The summed E-state index contributed by atoms with van der Waals surface area (Å²) in [6.07, 6.45) is 2.67. The third-order valence-electron chi connectivity index (χ3n) is 7.20. The maximum Gasteiger partial charge on any atom is 0.337 e. The van der Waals surface area contributed by atoms with E-state index in [0.29, 0.717) is 10.6 Å². The average Bonchev–Trinajstić information content (AvgIpc) is 3.59. The Morgan fingerprint density at radius 3 is 2.47 bits per heavy atom. The lowest BCUT2D eigenvalue weighted by Gasteiger charge is -2.28. The zero-order valence-corrected chi connectivity index (χ0v) is 26.1. The number of halogens is 1. The molecular weight excluding hydrogens is 580 g/mol. The van der Waals surface area contributed by atoms with Crippen LogP contribution in [0.25, 0.3) is 54.1 Å². The summed E-state index contributed by atoms with van der Waals surface area (Å²) >= 11 is 7.76. The Hall–Kier alpha value is -4.11. The van der Waals surface area contributed by atoms with Gasteiger partial charge in [-0.25, -0.2) is 9.78 Å². The van der Waals surface area contributed by atoms with Gasteiger partial charge in [-0.15, -0.1) is 11.3 Å². The van der Waals surface area contributed by atoms with E-state index < -0.39 is 17.7 Å². The summed E-state index contributed by atoms with van der Waals surface area (Å²) in [5.41, 5.74) is 6.87. The third-order valence-corrected chi connectivity index (χ3v) is 8.59. The molecule has 218 valence electrons. The van der Waals surface area contributed by atoms with Crippen LogP contribution in [0.2, 0.25) is 5.02 Å². The number of hydrogen-bond acceptors (Lipinski definition) is 6. The van der Waals surface area contributed by atoms with Gasteiger partial charge in [-0.2, -0.15) is 5.10 Å². The molecule has 0 aliphatic carbocycles. The van der Waals surface area contributed by atoms with Crippen LogP contribution in [0.3, 0.4) is 0 Å². The molecular formula is C34H31ClN4O3S. The lowest BCUT2D eigenvalue weighted by molar-refractivity contribution is -0.160. The van der Waals surface area contributed by atoms with Crippen molar-refractivity contribution in [3.63, 3.8) is 0 Å². The van der Waals surface area contributed by atoms with Crippen LogP contribution in [0.4, 0.5) is 0 Å². The number of carboxylic acids is 1. The zero-order valence-electron chi connectivity index (χ0n) is 24.6. The first-order chi connectivity index (χ1) is 20.5. The van der Waals surface area contributed by atoms with Crippen LogP contribution >= 0.6 is 22.9 Å². The van der Waals surface area contributed by atoms with E-state index in [1.807, 2.05) is 93.2 Å². The van der Waals surface area contributed by atoms with Gasteiger partial charge in [-0.3, -0.25) is 9.67 Å². The van der Waals surface area contributed by atoms with Crippen LogP contribution in [-0.2, 0) is 16.1 Å². The van der Waals surface area contributed by atoms with Gasteiger partial charge in [-0.05, 0) is 88.2 Å². The third kappa shape index (κ3) is 5.78. The van der Waals surface area contributed by atoms with Crippen LogP contribution in [0.5, 0.6) is 0 Å². The Bertz CT molecular complexity index is 1990. The summed E-state index contributed by atoms with van der Waals surface area (Å²) in [6, 6.07) is 19.6. The summed E-state index contributed by atoms with van der Waals surface area (Å²) in [4.78, 5) is 22.3. The van der Waals surface area contributed by atoms with E-state index in [0.717, 1.165) is 66.2 Å². The van der Waals surface area contributed by atoms with Crippen molar-refractivity contribution in [3.8, 4) is 33.0 Å². The van der Waals surface area contributed by atoms with Crippen molar-refractivity contribution in [2.24, 2.45) is 0 Å². The van der Waals surface area contributed by atoms with Crippen molar-refractivity contribution in [1.29, 1.82) is 0 Å². The standard InChI is InChI=1S/C34H31ClN4O3S/c1-6-39-18-23-16-21(9-12-25(23)38-39)26-17-22(13-14-36-26)32-37-27-15-19(2)28(30(33(40)41)42-34(3,4)5)29(31(27)43-32)20-7-10-24(35)11-8-20/h7-18,30H,6H2,1-5H3,(H,40,41). The number of rotatable bonds is 7. The average molecular weight is 611 g/mol. The summed E-state index contributed by atoms with van der Waals surface area (Å²) in [5.74, 6) is -1.04. The molecule has 6 rings (SSSR count). The molecule has 0 aliphatic rings. The minimum atomic E-state index is -1.17. The summed E-state index contributed by atoms with van der Waals surface area (Å²) in [6.45, 7) is 10.4. The highest BCUT2D eigenvalue weighted by molar-refractivity contribution is 7.22. The Morgan fingerprint density at radius 2 is 1.77 bits per heavy atom. The van der Waals surface area contributed by atoms with Crippen molar-refractivity contribution in [1.82, 2.24) is 19.7 Å². The molecule has 0 radical (unpaired) electrons. The summed E-state index contributed by atoms with van der Waals surface area (Å²) < 4.78 is 8.95. The molecule has 0 fully saturated rings. The lowest BCUT2D eigenvalue weighted by Crippen LogP contribution is -2.28. The molecule has 0 saturated carbocycles. The number of ether oxygens (including phenoxy) is 1. The SMILES string of the molecule is CCn1cc2cc(-c3cc(-c4nc5cc(C)c(C(OC(C)(C)C)C(=O)O)c(-c6ccc(Cl)cc6)c5s4)ccn3)ccc2n1. The van der Waals surface area contributed by atoms with E-state index in [1.54, 1.807) is 6.20 Å². The van der Waals surface area contributed by atoms with Crippen LogP contribution in [0.1, 0.15) is 44.9 Å². The minimum Gasteiger partial charge on any atom is -0.479 e. The van der Waals surface area contributed by atoms with E-state index in [2.05, 4.69) is 23.1 Å². The number of carbonyl (C=O) groups is 1. The predicted octanol–water partition coefficient (Wildman–Crippen LogP) is 8.96. The number of fused-ring (bicyclic) bond motifs is 2. The number of aliphatic carboxylic acids is 1. The number of aryl methyl sites for hydroxylation is 2. The topological polar surface area (TPSA) is 90.1 Å².